The van der Waals surface area contributed by atoms with Crippen LogP contribution < -0.4 is 10.6 Å². The van der Waals surface area contributed by atoms with Crippen molar-refractivity contribution in [1.29, 1.82) is 0 Å². The van der Waals surface area contributed by atoms with Crippen LogP contribution in [0.15, 0.2) is 12.7 Å². The Hall–Kier alpha value is -1.63. The van der Waals surface area contributed by atoms with E-state index in [1.54, 1.807) is 11.0 Å². The number of rotatable bonds is 5. The molecule has 2 amide bonds. The lowest BCUT2D eigenvalue weighted by Crippen LogP contribution is -2.51. The van der Waals surface area contributed by atoms with E-state index in [0.717, 1.165) is 19.3 Å². The molecule has 1 heterocycles. The van der Waals surface area contributed by atoms with Gasteiger partial charge in [-0.2, -0.15) is 5.10 Å². The number of nitrogens with zero attached hydrogens (tertiary/aromatic N) is 3. The molecule has 0 aliphatic heterocycles. The minimum absolute atomic E-state index is 0.0530. The zero-order valence-electron chi connectivity index (χ0n) is 10.5. The van der Waals surface area contributed by atoms with Gasteiger partial charge in [-0.3, -0.25) is 4.68 Å². The second-order valence-corrected chi connectivity index (χ2v) is 4.92. The third kappa shape index (κ3) is 3.43. The number of aliphatic hydroxyl groups is 1. The molecular weight excluding hydrogens is 234 g/mol. The lowest BCUT2D eigenvalue weighted by molar-refractivity contribution is -0.0290. The highest BCUT2D eigenvalue weighted by Crippen LogP contribution is 2.30. The molecule has 1 aliphatic carbocycles. The number of amides is 2. The number of hydrogen-bond acceptors (Lipinski definition) is 4. The van der Waals surface area contributed by atoms with Crippen LogP contribution in [0, 0.1) is 0 Å². The summed E-state index contributed by atoms with van der Waals surface area (Å²) >= 11 is 0. The maximum absolute atomic E-state index is 11.6. The van der Waals surface area contributed by atoms with Crippen LogP contribution in [0.3, 0.4) is 0 Å². The molecule has 1 aliphatic rings. The molecule has 1 aromatic heterocycles. The van der Waals surface area contributed by atoms with Gasteiger partial charge in [-0.15, -0.1) is 0 Å². The van der Waals surface area contributed by atoms with Crippen LogP contribution in [0.25, 0.3) is 0 Å². The van der Waals surface area contributed by atoms with Gasteiger partial charge in [0.05, 0.1) is 12.1 Å². The van der Waals surface area contributed by atoms with Crippen molar-refractivity contribution in [3.63, 3.8) is 0 Å². The number of urea groups is 1. The molecule has 0 radical (unpaired) electrons. The Kier molecular flexibility index (Phi) is 3.81. The first-order valence-electron chi connectivity index (χ1n) is 6.17. The minimum Gasteiger partial charge on any atom is -0.388 e. The number of hydrogen-bond donors (Lipinski definition) is 3. The van der Waals surface area contributed by atoms with Gasteiger partial charge >= 0.3 is 6.03 Å². The highest BCUT2D eigenvalue weighted by molar-refractivity contribution is 5.74. The van der Waals surface area contributed by atoms with Gasteiger partial charge in [0.15, 0.2) is 0 Å². The molecule has 7 heteroatoms. The van der Waals surface area contributed by atoms with Crippen molar-refractivity contribution in [1.82, 2.24) is 25.4 Å². The van der Waals surface area contributed by atoms with E-state index >= 15 is 0 Å². The van der Waals surface area contributed by atoms with E-state index in [4.69, 9.17) is 0 Å². The van der Waals surface area contributed by atoms with Crippen LogP contribution in [-0.4, -0.2) is 44.1 Å². The van der Waals surface area contributed by atoms with Gasteiger partial charge in [0, 0.05) is 12.6 Å². The van der Waals surface area contributed by atoms with Crippen LogP contribution in [-0.2, 0) is 6.54 Å². The van der Waals surface area contributed by atoms with Crippen molar-refractivity contribution in [2.45, 2.75) is 44.4 Å². The molecule has 0 spiro atoms. The molecule has 1 saturated carbocycles. The molecule has 1 fully saturated rings. The Labute approximate surface area is 106 Å². The fourth-order valence-electron chi connectivity index (χ4n) is 1.93. The predicted molar refractivity (Wildman–Crippen MR) is 64.8 cm³/mol. The first-order chi connectivity index (χ1) is 8.57. The van der Waals surface area contributed by atoms with Crippen molar-refractivity contribution in [2.24, 2.45) is 0 Å². The average molecular weight is 253 g/mol. The largest absolute Gasteiger partial charge is 0.388 e. The van der Waals surface area contributed by atoms with Gasteiger partial charge in [-0.05, 0) is 26.2 Å². The Morgan fingerprint density at radius 1 is 1.61 bits per heavy atom. The van der Waals surface area contributed by atoms with Gasteiger partial charge in [0.1, 0.15) is 12.7 Å². The summed E-state index contributed by atoms with van der Waals surface area (Å²) in [6.45, 7) is 2.77. The van der Waals surface area contributed by atoms with Crippen molar-refractivity contribution in [2.75, 3.05) is 6.54 Å². The van der Waals surface area contributed by atoms with Crippen LogP contribution in [0.2, 0.25) is 0 Å². The third-order valence-electron chi connectivity index (χ3n) is 3.17. The standard InChI is InChI=1S/C11H19N5O2/c1-9(5-16-8-12-7-14-16)15-10(17)13-6-11(18)3-2-4-11/h7-9,18H,2-6H2,1H3,(H2,13,15,17). The van der Waals surface area contributed by atoms with Gasteiger partial charge in [0.25, 0.3) is 0 Å². The van der Waals surface area contributed by atoms with Gasteiger partial charge in [0.2, 0.25) is 0 Å². The van der Waals surface area contributed by atoms with E-state index in [0.29, 0.717) is 13.1 Å². The number of nitrogens with one attached hydrogen (secondary N) is 2. The number of carbonyl (C=O) groups excluding carboxylic acids is 1. The predicted octanol–water partition coefficient (Wildman–Crippen LogP) is -0.119. The van der Waals surface area contributed by atoms with Crippen LogP contribution in [0.4, 0.5) is 4.79 Å². The van der Waals surface area contributed by atoms with E-state index in [1.807, 2.05) is 6.92 Å². The summed E-state index contributed by atoms with van der Waals surface area (Å²) in [5, 5.41) is 19.3. The fraction of sp³-hybridized carbons (Fsp3) is 0.727. The van der Waals surface area contributed by atoms with Crippen LogP contribution in [0.1, 0.15) is 26.2 Å². The van der Waals surface area contributed by atoms with Crippen molar-refractivity contribution in [3.05, 3.63) is 12.7 Å². The van der Waals surface area contributed by atoms with Gasteiger partial charge < -0.3 is 15.7 Å². The van der Waals surface area contributed by atoms with E-state index in [-0.39, 0.29) is 12.1 Å². The molecule has 0 saturated heterocycles. The van der Waals surface area contributed by atoms with E-state index in [2.05, 4.69) is 20.7 Å². The molecule has 1 atom stereocenters. The first kappa shape index (κ1) is 12.8. The summed E-state index contributed by atoms with van der Waals surface area (Å²) in [5.74, 6) is 0. The van der Waals surface area contributed by atoms with E-state index < -0.39 is 5.60 Å². The zero-order chi connectivity index (χ0) is 13.0. The summed E-state index contributed by atoms with van der Waals surface area (Å²) in [6, 6.07) is -0.314. The quantitative estimate of drug-likeness (QED) is 0.682. The maximum atomic E-state index is 11.6. The smallest absolute Gasteiger partial charge is 0.315 e. The highest BCUT2D eigenvalue weighted by atomic mass is 16.3. The molecule has 2 rings (SSSR count). The molecule has 1 aromatic rings. The molecule has 7 nitrogen and oxygen atoms in total. The molecule has 1 unspecified atom stereocenters. The van der Waals surface area contributed by atoms with Gasteiger partial charge in [-0.1, -0.05) is 0 Å². The maximum Gasteiger partial charge on any atom is 0.315 e. The summed E-state index contributed by atoms with van der Waals surface area (Å²) in [6.07, 6.45) is 5.62. The summed E-state index contributed by atoms with van der Waals surface area (Å²) in [5.41, 5.74) is -0.688. The first-order valence-corrected chi connectivity index (χ1v) is 6.17. The van der Waals surface area contributed by atoms with Crippen molar-refractivity contribution >= 4 is 6.03 Å². The number of aromatic nitrogens is 3. The Balaban J connectivity index is 1.67. The average Bonchev–Trinajstić information content (AvgIpc) is 2.76. The van der Waals surface area contributed by atoms with Crippen molar-refractivity contribution < 1.29 is 9.90 Å². The topological polar surface area (TPSA) is 92.1 Å². The lowest BCUT2D eigenvalue weighted by Gasteiger charge is -2.36. The van der Waals surface area contributed by atoms with E-state index in [1.165, 1.54) is 6.33 Å². The molecule has 3 N–H and O–H groups in total. The van der Waals surface area contributed by atoms with Gasteiger partial charge in [-0.25, -0.2) is 9.78 Å². The zero-order valence-corrected chi connectivity index (χ0v) is 10.5. The second kappa shape index (κ2) is 5.34. The Bertz CT molecular complexity index is 388. The summed E-state index contributed by atoms with van der Waals surface area (Å²) in [7, 11) is 0. The molecular formula is C11H19N5O2. The normalized spacial score (nSPS) is 18.8. The molecule has 0 bridgehead atoms. The molecule has 18 heavy (non-hydrogen) atoms. The molecule has 100 valence electrons. The number of carbonyl (C=O) groups is 1. The molecule has 0 aromatic carbocycles. The van der Waals surface area contributed by atoms with Crippen molar-refractivity contribution in [3.8, 4) is 0 Å². The fourth-order valence-corrected chi connectivity index (χ4v) is 1.93. The second-order valence-electron chi connectivity index (χ2n) is 4.92. The SMILES string of the molecule is CC(Cn1cncn1)NC(=O)NCC1(O)CCC1. The Morgan fingerprint density at radius 2 is 2.39 bits per heavy atom. The summed E-state index contributed by atoms with van der Waals surface area (Å²) in [4.78, 5) is 15.4. The third-order valence-corrected chi connectivity index (χ3v) is 3.17. The summed E-state index contributed by atoms with van der Waals surface area (Å²) < 4.78 is 1.66. The highest BCUT2D eigenvalue weighted by Gasteiger charge is 2.34. The minimum atomic E-state index is -0.688. The van der Waals surface area contributed by atoms with E-state index in [9.17, 15) is 9.90 Å². The monoisotopic (exact) mass is 253 g/mol. The lowest BCUT2D eigenvalue weighted by atomic mass is 9.80. The van der Waals surface area contributed by atoms with Crippen LogP contribution in [0.5, 0.6) is 0 Å². The van der Waals surface area contributed by atoms with Crippen LogP contribution >= 0.6 is 0 Å². The Morgan fingerprint density at radius 3 is 2.94 bits per heavy atom.